The van der Waals surface area contributed by atoms with Crippen LogP contribution in [0.4, 0.5) is 0 Å². The van der Waals surface area contributed by atoms with E-state index >= 15 is 0 Å². The topological polar surface area (TPSA) is 77.0 Å². The minimum atomic E-state index is 0.211. The Morgan fingerprint density at radius 1 is 1.35 bits per heavy atom. The van der Waals surface area contributed by atoms with E-state index in [1.165, 1.54) is 0 Å². The van der Waals surface area contributed by atoms with Gasteiger partial charge in [0.05, 0.1) is 5.69 Å². The summed E-state index contributed by atoms with van der Waals surface area (Å²) in [5.74, 6) is 0.700. The first-order chi connectivity index (χ1) is 8.31. The van der Waals surface area contributed by atoms with Gasteiger partial charge >= 0.3 is 0 Å². The van der Waals surface area contributed by atoms with Crippen molar-refractivity contribution in [2.24, 2.45) is 5.73 Å². The number of phenols is 1. The SMILES string of the molecule is NCc1nnn(-c2ccccc2O)c1C1CC1. The minimum absolute atomic E-state index is 0.211. The molecule has 1 fully saturated rings. The first kappa shape index (κ1) is 10.3. The summed E-state index contributed by atoms with van der Waals surface area (Å²) in [7, 11) is 0. The second-order valence-electron chi connectivity index (χ2n) is 4.30. The lowest BCUT2D eigenvalue weighted by Gasteiger charge is -2.07. The highest BCUT2D eigenvalue weighted by atomic mass is 16.3. The molecular formula is C12H14N4O. The second-order valence-corrected chi connectivity index (χ2v) is 4.30. The quantitative estimate of drug-likeness (QED) is 0.833. The number of benzene rings is 1. The minimum Gasteiger partial charge on any atom is -0.506 e. The van der Waals surface area contributed by atoms with Crippen LogP contribution in [0.25, 0.3) is 5.69 Å². The van der Waals surface area contributed by atoms with Crippen LogP contribution in [0.2, 0.25) is 0 Å². The van der Waals surface area contributed by atoms with Crippen LogP contribution in [-0.2, 0) is 6.54 Å². The fourth-order valence-electron chi connectivity index (χ4n) is 2.05. The van der Waals surface area contributed by atoms with E-state index in [-0.39, 0.29) is 5.75 Å². The molecule has 0 spiro atoms. The number of phenolic OH excluding ortho intramolecular Hbond substituents is 1. The summed E-state index contributed by atoms with van der Waals surface area (Å²) in [4.78, 5) is 0. The maximum atomic E-state index is 9.85. The van der Waals surface area contributed by atoms with Gasteiger partial charge in [0.2, 0.25) is 0 Å². The third-order valence-electron chi connectivity index (χ3n) is 3.05. The number of aromatic hydroxyl groups is 1. The smallest absolute Gasteiger partial charge is 0.141 e. The Bertz CT molecular complexity index is 545. The van der Waals surface area contributed by atoms with Gasteiger partial charge in [-0.25, -0.2) is 4.68 Å². The molecule has 0 bridgehead atoms. The number of aromatic nitrogens is 3. The summed E-state index contributed by atoms with van der Waals surface area (Å²) in [6.07, 6.45) is 2.29. The van der Waals surface area contributed by atoms with E-state index in [0.29, 0.717) is 18.2 Å². The number of nitrogens with zero attached hydrogens (tertiary/aromatic N) is 3. The molecule has 1 aromatic carbocycles. The van der Waals surface area contributed by atoms with Gasteiger partial charge in [0.1, 0.15) is 17.1 Å². The maximum absolute atomic E-state index is 9.85. The van der Waals surface area contributed by atoms with Crippen LogP contribution in [0.15, 0.2) is 24.3 Å². The summed E-state index contributed by atoms with van der Waals surface area (Å²) in [5, 5.41) is 18.0. The molecular weight excluding hydrogens is 216 g/mol. The van der Waals surface area contributed by atoms with E-state index in [9.17, 15) is 5.11 Å². The van der Waals surface area contributed by atoms with E-state index in [1.807, 2.05) is 12.1 Å². The predicted molar refractivity (Wildman–Crippen MR) is 62.9 cm³/mol. The van der Waals surface area contributed by atoms with Crippen molar-refractivity contribution in [3.05, 3.63) is 35.7 Å². The Balaban J connectivity index is 2.14. The normalized spacial score (nSPS) is 15.1. The third kappa shape index (κ3) is 1.68. The van der Waals surface area contributed by atoms with Crippen molar-refractivity contribution in [3.8, 4) is 11.4 Å². The van der Waals surface area contributed by atoms with Crippen LogP contribution in [0.3, 0.4) is 0 Å². The van der Waals surface area contributed by atoms with Gasteiger partial charge in [-0.1, -0.05) is 17.3 Å². The molecule has 3 rings (SSSR count). The van der Waals surface area contributed by atoms with Gasteiger partial charge in [0, 0.05) is 12.5 Å². The van der Waals surface area contributed by atoms with Crippen molar-refractivity contribution in [2.45, 2.75) is 25.3 Å². The molecule has 0 aliphatic heterocycles. The van der Waals surface area contributed by atoms with Crippen LogP contribution in [-0.4, -0.2) is 20.1 Å². The summed E-state index contributed by atoms with van der Waals surface area (Å²) in [6.45, 7) is 0.388. The standard InChI is InChI=1S/C12H14N4O/c13-7-9-12(8-5-6-8)16(15-14-9)10-3-1-2-4-11(10)17/h1-4,8,17H,5-7,13H2. The zero-order valence-corrected chi connectivity index (χ0v) is 9.37. The van der Waals surface area contributed by atoms with E-state index < -0.39 is 0 Å². The molecule has 1 heterocycles. The molecule has 2 aromatic rings. The van der Waals surface area contributed by atoms with Crippen LogP contribution < -0.4 is 5.73 Å². The Morgan fingerprint density at radius 3 is 2.76 bits per heavy atom. The lowest BCUT2D eigenvalue weighted by Crippen LogP contribution is -2.05. The van der Waals surface area contributed by atoms with Crippen molar-refractivity contribution in [3.63, 3.8) is 0 Å². The number of hydrogen-bond acceptors (Lipinski definition) is 4. The Labute approximate surface area is 98.9 Å². The zero-order chi connectivity index (χ0) is 11.8. The summed E-state index contributed by atoms with van der Waals surface area (Å²) in [5.41, 5.74) is 8.21. The highest BCUT2D eigenvalue weighted by Gasteiger charge is 2.31. The molecule has 1 aromatic heterocycles. The van der Waals surface area contributed by atoms with Crippen molar-refractivity contribution < 1.29 is 5.11 Å². The van der Waals surface area contributed by atoms with Gasteiger partial charge < -0.3 is 10.8 Å². The first-order valence-electron chi connectivity index (χ1n) is 5.74. The van der Waals surface area contributed by atoms with Crippen molar-refractivity contribution in [2.75, 3.05) is 0 Å². The Morgan fingerprint density at radius 2 is 2.12 bits per heavy atom. The molecule has 88 valence electrons. The van der Waals surface area contributed by atoms with E-state index in [1.54, 1.807) is 16.8 Å². The molecule has 0 radical (unpaired) electrons. The second kappa shape index (κ2) is 3.85. The van der Waals surface area contributed by atoms with Crippen molar-refractivity contribution >= 4 is 0 Å². The molecule has 1 aliphatic carbocycles. The molecule has 0 atom stereocenters. The van der Waals surface area contributed by atoms with Crippen LogP contribution in [0.5, 0.6) is 5.75 Å². The van der Waals surface area contributed by atoms with E-state index in [4.69, 9.17) is 5.73 Å². The number of rotatable bonds is 3. The lowest BCUT2D eigenvalue weighted by molar-refractivity contribution is 0.469. The number of nitrogens with two attached hydrogens (primary N) is 1. The fourth-order valence-corrected chi connectivity index (χ4v) is 2.05. The molecule has 5 heteroatoms. The molecule has 3 N–H and O–H groups in total. The highest BCUT2D eigenvalue weighted by molar-refractivity contribution is 5.46. The summed E-state index contributed by atoms with van der Waals surface area (Å²) in [6, 6.07) is 7.14. The van der Waals surface area contributed by atoms with Crippen LogP contribution >= 0.6 is 0 Å². The maximum Gasteiger partial charge on any atom is 0.141 e. The predicted octanol–water partition coefficient (Wildman–Crippen LogP) is 1.31. The highest BCUT2D eigenvalue weighted by Crippen LogP contribution is 2.42. The molecule has 1 aliphatic rings. The van der Waals surface area contributed by atoms with Gasteiger partial charge in [-0.3, -0.25) is 0 Å². The molecule has 17 heavy (non-hydrogen) atoms. The van der Waals surface area contributed by atoms with Gasteiger partial charge in [-0.15, -0.1) is 5.10 Å². The van der Waals surface area contributed by atoms with E-state index in [2.05, 4.69) is 10.3 Å². The molecule has 5 nitrogen and oxygen atoms in total. The Kier molecular flexibility index (Phi) is 2.33. The van der Waals surface area contributed by atoms with Gasteiger partial charge in [-0.2, -0.15) is 0 Å². The van der Waals surface area contributed by atoms with Crippen molar-refractivity contribution in [1.29, 1.82) is 0 Å². The molecule has 0 unspecified atom stereocenters. The molecule has 1 saturated carbocycles. The number of para-hydroxylation sites is 2. The average Bonchev–Trinajstić information content (AvgIpc) is 3.10. The van der Waals surface area contributed by atoms with Gasteiger partial charge in [0.25, 0.3) is 0 Å². The number of hydrogen-bond donors (Lipinski definition) is 2. The monoisotopic (exact) mass is 230 g/mol. The lowest BCUT2D eigenvalue weighted by atomic mass is 10.2. The van der Waals surface area contributed by atoms with Gasteiger partial charge in [-0.05, 0) is 25.0 Å². The molecule has 0 amide bonds. The zero-order valence-electron chi connectivity index (χ0n) is 9.37. The average molecular weight is 230 g/mol. The fraction of sp³-hybridized carbons (Fsp3) is 0.333. The van der Waals surface area contributed by atoms with Crippen LogP contribution in [0, 0.1) is 0 Å². The van der Waals surface area contributed by atoms with Crippen molar-refractivity contribution in [1.82, 2.24) is 15.0 Å². The molecule has 0 saturated heterocycles. The van der Waals surface area contributed by atoms with Gasteiger partial charge in [0.15, 0.2) is 0 Å². The third-order valence-corrected chi connectivity index (χ3v) is 3.05. The van der Waals surface area contributed by atoms with E-state index in [0.717, 1.165) is 24.2 Å². The first-order valence-corrected chi connectivity index (χ1v) is 5.74. The van der Waals surface area contributed by atoms with Crippen LogP contribution in [0.1, 0.15) is 30.1 Å². The summed E-state index contributed by atoms with van der Waals surface area (Å²) >= 11 is 0. The Hall–Kier alpha value is -1.88. The largest absolute Gasteiger partial charge is 0.506 e. The summed E-state index contributed by atoms with van der Waals surface area (Å²) < 4.78 is 1.72.